The van der Waals surface area contributed by atoms with E-state index in [4.69, 9.17) is 0 Å². The molecule has 0 aliphatic rings. The number of amides is 1. The number of aromatic nitrogens is 3. The van der Waals surface area contributed by atoms with Crippen LogP contribution >= 0.6 is 11.8 Å². The van der Waals surface area contributed by atoms with Gasteiger partial charge in [0.25, 0.3) is 5.69 Å². The number of nitro benzene ring substituents is 1. The number of Topliss-reactive ketones (excluding diaryl/α,β-unsaturated/α-hetero) is 1. The minimum absolute atomic E-state index is 0.000427. The average molecular weight is 493 g/mol. The molecular weight excluding hydrogens is 475 g/mol. The van der Waals surface area contributed by atoms with Gasteiger partial charge in [0.1, 0.15) is 5.82 Å². The Hall–Kier alpha value is -3.74. The van der Waals surface area contributed by atoms with E-state index in [-0.39, 0.29) is 40.7 Å². The van der Waals surface area contributed by atoms with E-state index in [2.05, 4.69) is 15.5 Å². The Morgan fingerprint density at radius 1 is 1.15 bits per heavy atom. The molecule has 0 bridgehead atoms. The molecular formula is C21H18F3N5O4S. The first-order chi connectivity index (χ1) is 16.1. The summed E-state index contributed by atoms with van der Waals surface area (Å²) >= 11 is 1.06. The Morgan fingerprint density at radius 2 is 1.88 bits per heavy atom. The van der Waals surface area contributed by atoms with Gasteiger partial charge in [-0.2, -0.15) is 13.2 Å². The van der Waals surface area contributed by atoms with E-state index < -0.39 is 22.6 Å². The van der Waals surface area contributed by atoms with Crippen molar-refractivity contribution in [2.75, 3.05) is 11.1 Å². The number of alkyl halides is 3. The van der Waals surface area contributed by atoms with E-state index >= 15 is 0 Å². The Balaban J connectivity index is 1.65. The van der Waals surface area contributed by atoms with Crippen LogP contribution in [0.25, 0.3) is 0 Å². The molecule has 34 heavy (non-hydrogen) atoms. The third kappa shape index (κ3) is 6.19. The molecule has 0 unspecified atom stereocenters. The van der Waals surface area contributed by atoms with Gasteiger partial charge in [-0.25, -0.2) is 0 Å². The molecule has 0 saturated carbocycles. The summed E-state index contributed by atoms with van der Waals surface area (Å²) in [5.41, 5.74) is -0.889. The van der Waals surface area contributed by atoms with Crippen molar-refractivity contribution in [3.63, 3.8) is 0 Å². The van der Waals surface area contributed by atoms with Gasteiger partial charge in [-0.15, -0.1) is 10.2 Å². The molecule has 3 rings (SSSR count). The zero-order valence-electron chi connectivity index (χ0n) is 17.7. The largest absolute Gasteiger partial charge is 0.416 e. The molecule has 1 amide bonds. The van der Waals surface area contributed by atoms with Crippen molar-refractivity contribution in [3.05, 3.63) is 75.6 Å². The van der Waals surface area contributed by atoms with Crippen molar-refractivity contribution in [2.45, 2.75) is 31.2 Å². The molecule has 0 aliphatic heterocycles. The molecule has 0 saturated heterocycles. The average Bonchev–Trinajstić information content (AvgIpc) is 3.18. The number of nitro groups is 1. The lowest BCUT2D eigenvalue weighted by Crippen LogP contribution is -2.18. The molecule has 2 aromatic carbocycles. The maximum Gasteiger partial charge on any atom is 0.416 e. The van der Waals surface area contributed by atoms with Crippen LogP contribution in [0.5, 0.6) is 0 Å². The molecule has 0 radical (unpaired) electrons. The summed E-state index contributed by atoms with van der Waals surface area (Å²) in [4.78, 5) is 35.1. The van der Waals surface area contributed by atoms with Crippen LogP contribution in [-0.2, 0) is 23.9 Å². The number of thioether (sulfide) groups is 1. The first-order valence-corrected chi connectivity index (χ1v) is 10.9. The lowest BCUT2D eigenvalue weighted by molar-refractivity contribution is -0.384. The molecule has 0 atom stereocenters. The second-order valence-corrected chi connectivity index (χ2v) is 7.91. The van der Waals surface area contributed by atoms with Crippen molar-refractivity contribution in [1.29, 1.82) is 0 Å². The molecule has 13 heteroatoms. The molecule has 1 N–H and O–H groups in total. The van der Waals surface area contributed by atoms with E-state index in [1.165, 1.54) is 36.4 Å². The monoisotopic (exact) mass is 493 g/mol. The summed E-state index contributed by atoms with van der Waals surface area (Å²) in [7, 11) is 0. The third-order valence-corrected chi connectivity index (χ3v) is 5.58. The van der Waals surface area contributed by atoms with Gasteiger partial charge in [-0.1, -0.05) is 30.0 Å². The van der Waals surface area contributed by atoms with Crippen molar-refractivity contribution in [3.8, 4) is 0 Å². The summed E-state index contributed by atoms with van der Waals surface area (Å²) in [5.74, 6) is -0.707. The smallest absolute Gasteiger partial charge is 0.326 e. The van der Waals surface area contributed by atoms with Crippen LogP contribution in [0.2, 0.25) is 0 Å². The zero-order valence-corrected chi connectivity index (χ0v) is 18.5. The molecule has 1 heterocycles. The van der Waals surface area contributed by atoms with Crippen LogP contribution in [-0.4, -0.2) is 37.1 Å². The van der Waals surface area contributed by atoms with Gasteiger partial charge in [-0.3, -0.25) is 19.7 Å². The second kappa shape index (κ2) is 10.5. The number of rotatable bonds is 9. The number of carbonyl (C=O) groups excluding carboxylic acids is 2. The van der Waals surface area contributed by atoms with Gasteiger partial charge < -0.3 is 9.88 Å². The SMILES string of the molecule is CCn1c(CC(=O)Nc2cccc(C(F)(F)F)c2)nnc1SCC(=O)c1cccc([N+](=O)[O-])c1. The summed E-state index contributed by atoms with van der Waals surface area (Å²) in [6.45, 7) is 2.16. The maximum atomic E-state index is 12.9. The minimum Gasteiger partial charge on any atom is -0.326 e. The van der Waals surface area contributed by atoms with Crippen LogP contribution in [0.3, 0.4) is 0 Å². The number of nitrogens with zero attached hydrogens (tertiary/aromatic N) is 4. The van der Waals surface area contributed by atoms with Gasteiger partial charge in [0.05, 0.1) is 22.7 Å². The summed E-state index contributed by atoms with van der Waals surface area (Å²) in [5, 5.41) is 21.6. The maximum absolute atomic E-state index is 12.9. The number of carbonyl (C=O) groups is 2. The number of nitrogens with one attached hydrogen (secondary N) is 1. The Bertz CT molecular complexity index is 1230. The predicted octanol–water partition coefficient (Wildman–Crippen LogP) is 4.38. The highest BCUT2D eigenvalue weighted by Gasteiger charge is 2.30. The van der Waals surface area contributed by atoms with Gasteiger partial charge in [0.15, 0.2) is 10.9 Å². The highest BCUT2D eigenvalue weighted by molar-refractivity contribution is 7.99. The fraction of sp³-hybridized carbons (Fsp3) is 0.238. The van der Waals surface area contributed by atoms with E-state index in [1.807, 2.05) is 0 Å². The molecule has 178 valence electrons. The fourth-order valence-corrected chi connectivity index (χ4v) is 3.92. The number of hydrogen-bond acceptors (Lipinski definition) is 7. The van der Waals surface area contributed by atoms with Crippen molar-refractivity contribution in [2.24, 2.45) is 0 Å². The molecule has 0 fully saturated rings. The van der Waals surface area contributed by atoms with Crippen molar-refractivity contribution < 1.29 is 27.7 Å². The first kappa shape index (κ1) is 24.9. The Morgan fingerprint density at radius 3 is 2.56 bits per heavy atom. The number of hydrogen-bond donors (Lipinski definition) is 1. The van der Waals surface area contributed by atoms with Crippen molar-refractivity contribution >= 4 is 34.8 Å². The number of non-ortho nitro benzene ring substituents is 1. The second-order valence-electron chi connectivity index (χ2n) is 6.97. The number of halogens is 3. The lowest BCUT2D eigenvalue weighted by atomic mass is 10.1. The number of anilines is 1. The van der Waals surface area contributed by atoms with E-state index in [0.717, 1.165) is 23.9 Å². The molecule has 1 aromatic heterocycles. The van der Waals surface area contributed by atoms with Crippen LogP contribution in [0.4, 0.5) is 24.5 Å². The number of ketones is 1. The molecule has 0 spiro atoms. The number of benzene rings is 2. The van der Waals surface area contributed by atoms with Crippen molar-refractivity contribution in [1.82, 2.24) is 14.8 Å². The molecule has 3 aromatic rings. The van der Waals surface area contributed by atoms with E-state index in [0.29, 0.717) is 11.7 Å². The van der Waals surface area contributed by atoms with Gasteiger partial charge in [0.2, 0.25) is 5.91 Å². The van der Waals surface area contributed by atoms with Gasteiger partial charge in [0, 0.05) is 29.9 Å². The highest BCUT2D eigenvalue weighted by Crippen LogP contribution is 2.30. The minimum atomic E-state index is -4.53. The first-order valence-electron chi connectivity index (χ1n) is 9.88. The summed E-state index contributed by atoms with van der Waals surface area (Å²) in [6, 6.07) is 9.66. The third-order valence-electron chi connectivity index (χ3n) is 4.61. The highest BCUT2D eigenvalue weighted by atomic mass is 32.2. The standard InChI is InChI=1S/C21H18F3N5O4S/c1-2-28-18(11-19(31)25-15-7-4-6-14(10-15)21(22,23)24)26-27-20(28)34-12-17(30)13-5-3-8-16(9-13)29(32)33/h3-10H,2,11-12H2,1H3,(H,25,31). The predicted molar refractivity (Wildman–Crippen MR) is 118 cm³/mol. The van der Waals surface area contributed by atoms with Gasteiger partial charge in [-0.05, 0) is 25.1 Å². The van der Waals surface area contributed by atoms with Crippen LogP contribution in [0.1, 0.15) is 28.7 Å². The molecule has 9 nitrogen and oxygen atoms in total. The quantitative estimate of drug-likeness (QED) is 0.203. The Labute approximate surface area is 195 Å². The van der Waals surface area contributed by atoms with Crippen LogP contribution in [0, 0.1) is 10.1 Å². The van der Waals surface area contributed by atoms with E-state index in [9.17, 15) is 32.9 Å². The van der Waals surface area contributed by atoms with Gasteiger partial charge >= 0.3 is 6.18 Å². The van der Waals surface area contributed by atoms with Crippen LogP contribution in [0.15, 0.2) is 53.7 Å². The summed E-state index contributed by atoms with van der Waals surface area (Å²) < 4.78 is 40.2. The normalized spacial score (nSPS) is 11.3. The fourth-order valence-electron chi connectivity index (χ4n) is 3.00. The van der Waals surface area contributed by atoms with E-state index in [1.54, 1.807) is 11.5 Å². The van der Waals surface area contributed by atoms with Crippen LogP contribution < -0.4 is 5.32 Å². The zero-order chi connectivity index (χ0) is 24.9. The Kier molecular flexibility index (Phi) is 7.66. The summed E-state index contributed by atoms with van der Waals surface area (Å²) in [6.07, 6.45) is -4.77. The molecule has 0 aliphatic carbocycles. The lowest BCUT2D eigenvalue weighted by Gasteiger charge is -2.10. The topological polar surface area (TPSA) is 120 Å².